The van der Waals surface area contributed by atoms with E-state index in [9.17, 15) is 13.2 Å². The Hall–Kier alpha value is -0.730. The predicted molar refractivity (Wildman–Crippen MR) is 62.3 cm³/mol. The van der Waals surface area contributed by atoms with Crippen LogP contribution in [-0.2, 0) is 11.3 Å². The highest BCUT2D eigenvalue weighted by Gasteiger charge is 2.27. The predicted octanol–water partition coefficient (Wildman–Crippen LogP) is 2.68. The van der Waals surface area contributed by atoms with Gasteiger partial charge < -0.3 is 10.1 Å². The number of ether oxygens (including phenoxy) is 1. The molecular formula is C10H16F3N3OS. The van der Waals surface area contributed by atoms with Gasteiger partial charge in [0.25, 0.3) is 0 Å². The van der Waals surface area contributed by atoms with E-state index in [4.69, 9.17) is 0 Å². The topological polar surface area (TPSA) is 47.0 Å². The van der Waals surface area contributed by atoms with Gasteiger partial charge in [-0.3, -0.25) is 0 Å². The van der Waals surface area contributed by atoms with E-state index in [1.807, 2.05) is 13.8 Å². The minimum atomic E-state index is -4.30. The van der Waals surface area contributed by atoms with E-state index < -0.39 is 12.8 Å². The van der Waals surface area contributed by atoms with Crippen molar-refractivity contribution in [2.75, 3.05) is 13.2 Å². The van der Waals surface area contributed by atoms with Crippen LogP contribution in [-0.4, -0.2) is 29.5 Å². The summed E-state index contributed by atoms with van der Waals surface area (Å²) in [5.74, 6) is 0. The molecule has 4 nitrogen and oxygen atoms in total. The normalized spacial score (nSPS) is 13.8. The van der Waals surface area contributed by atoms with Crippen LogP contribution in [0.3, 0.4) is 0 Å². The Morgan fingerprint density at radius 2 is 2.06 bits per heavy atom. The fourth-order valence-corrected chi connectivity index (χ4v) is 2.31. The van der Waals surface area contributed by atoms with Gasteiger partial charge in [-0.05, 0) is 13.0 Å². The highest BCUT2D eigenvalue weighted by atomic mass is 32.1. The molecule has 0 aromatic carbocycles. The maximum Gasteiger partial charge on any atom is 0.411 e. The number of nitrogens with zero attached hydrogens (tertiary/aromatic N) is 2. The first-order chi connectivity index (χ1) is 8.46. The number of hydrogen-bond acceptors (Lipinski definition) is 5. The molecule has 1 aromatic rings. The third kappa shape index (κ3) is 5.28. The lowest BCUT2D eigenvalue weighted by Gasteiger charge is -2.11. The van der Waals surface area contributed by atoms with E-state index >= 15 is 0 Å². The molecule has 18 heavy (non-hydrogen) atoms. The van der Waals surface area contributed by atoms with Crippen molar-refractivity contribution in [3.8, 4) is 0 Å². The molecule has 0 radical (unpaired) electrons. The second-order valence-corrected chi connectivity index (χ2v) is 4.75. The van der Waals surface area contributed by atoms with Gasteiger partial charge in [0.1, 0.15) is 23.2 Å². The van der Waals surface area contributed by atoms with E-state index in [0.717, 1.165) is 18.0 Å². The van der Waals surface area contributed by atoms with E-state index in [2.05, 4.69) is 20.3 Å². The zero-order valence-corrected chi connectivity index (χ0v) is 11.1. The van der Waals surface area contributed by atoms with Gasteiger partial charge >= 0.3 is 6.18 Å². The Labute approximate surface area is 108 Å². The molecule has 0 amide bonds. The number of nitrogens with one attached hydrogen (secondary N) is 1. The summed E-state index contributed by atoms with van der Waals surface area (Å²) in [4.78, 5) is 0. The highest BCUT2D eigenvalue weighted by molar-refractivity contribution is 7.11. The molecule has 1 aromatic heterocycles. The number of halogens is 3. The van der Waals surface area contributed by atoms with Crippen molar-refractivity contribution in [3.05, 3.63) is 10.0 Å². The minimum Gasteiger partial charge on any atom is -0.365 e. The third-order valence-electron chi connectivity index (χ3n) is 2.13. The number of alkyl halides is 3. The Balaban J connectivity index is 2.47. The third-order valence-corrected chi connectivity index (χ3v) is 3.14. The van der Waals surface area contributed by atoms with Gasteiger partial charge in [-0.25, -0.2) is 0 Å². The molecule has 0 aliphatic rings. The molecule has 0 aliphatic carbocycles. The van der Waals surface area contributed by atoms with Gasteiger partial charge in [0.2, 0.25) is 0 Å². The quantitative estimate of drug-likeness (QED) is 0.835. The average Bonchev–Trinajstić information content (AvgIpc) is 2.72. The van der Waals surface area contributed by atoms with Crippen LogP contribution in [0.25, 0.3) is 0 Å². The maximum atomic E-state index is 11.9. The van der Waals surface area contributed by atoms with Crippen molar-refractivity contribution in [1.29, 1.82) is 0 Å². The van der Waals surface area contributed by atoms with Crippen LogP contribution in [0.1, 0.15) is 36.3 Å². The fraction of sp³-hybridized carbons (Fsp3) is 0.800. The molecule has 0 fully saturated rings. The molecule has 1 heterocycles. The smallest absolute Gasteiger partial charge is 0.365 e. The van der Waals surface area contributed by atoms with E-state index in [0.29, 0.717) is 5.01 Å². The summed E-state index contributed by atoms with van der Waals surface area (Å²) in [5.41, 5.74) is 0. The van der Waals surface area contributed by atoms with Gasteiger partial charge in [0.05, 0.1) is 6.04 Å². The molecule has 104 valence electrons. The first-order valence-electron chi connectivity index (χ1n) is 5.66. The lowest BCUT2D eigenvalue weighted by atomic mass is 10.2. The van der Waals surface area contributed by atoms with E-state index in [1.165, 1.54) is 11.3 Å². The Kier molecular flexibility index (Phi) is 5.97. The molecule has 0 aliphatic heterocycles. The van der Waals surface area contributed by atoms with Crippen LogP contribution in [0.15, 0.2) is 0 Å². The summed E-state index contributed by atoms with van der Waals surface area (Å²) >= 11 is 1.28. The number of aromatic nitrogens is 2. The summed E-state index contributed by atoms with van der Waals surface area (Å²) in [5, 5.41) is 12.3. The van der Waals surface area contributed by atoms with Crippen molar-refractivity contribution < 1.29 is 17.9 Å². The van der Waals surface area contributed by atoms with Gasteiger partial charge in [-0.1, -0.05) is 25.2 Å². The molecule has 0 bridgehead atoms. The summed E-state index contributed by atoms with van der Waals surface area (Å²) < 4.78 is 40.2. The van der Waals surface area contributed by atoms with Gasteiger partial charge in [0, 0.05) is 0 Å². The minimum absolute atomic E-state index is 0.101. The molecular weight excluding hydrogens is 267 g/mol. The lowest BCUT2D eigenvalue weighted by Crippen LogP contribution is -2.19. The lowest BCUT2D eigenvalue weighted by molar-refractivity contribution is -0.176. The van der Waals surface area contributed by atoms with Gasteiger partial charge in [-0.15, -0.1) is 10.2 Å². The number of rotatable bonds is 7. The molecule has 8 heteroatoms. The van der Waals surface area contributed by atoms with Crippen molar-refractivity contribution in [2.45, 2.75) is 39.1 Å². The Morgan fingerprint density at radius 3 is 2.61 bits per heavy atom. The largest absolute Gasteiger partial charge is 0.411 e. The van der Waals surface area contributed by atoms with Crippen molar-refractivity contribution in [3.63, 3.8) is 0 Å². The molecule has 1 rings (SSSR count). The van der Waals surface area contributed by atoms with Crippen LogP contribution >= 0.6 is 11.3 Å². The van der Waals surface area contributed by atoms with Gasteiger partial charge in [0.15, 0.2) is 0 Å². The Morgan fingerprint density at radius 1 is 1.33 bits per heavy atom. The SMILES string of the molecule is CCNC(CC)c1nnc(COCC(F)(F)F)s1. The summed E-state index contributed by atoms with van der Waals surface area (Å²) in [6, 6.07) is 0.101. The maximum absolute atomic E-state index is 11.9. The van der Waals surface area contributed by atoms with Crippen LogP contribution in [0.4, 0.5) is 13.2 Å². The van der Waals surface area contributed by atoms with Crippen LogP contribution in [0, 0.1) is 0 Å². The zero-order chi connectivity index (χ0) is 13.6. The molecule has 0 spiro atoms. The van der Waals surface area contributed by atoms with Crippen LogP contribution in [0.2, 0.25) is 0 Å². The van der Waals surface area contributed by atoms with Crippen LogP contribution < -0.4 is 5.32 Å². The van der Waals surface area contributed by atoms with Crippen LogP contribution in [0.5, 0.6) is 0 Å². The second kappa shape index (κ2) is 7.01. The summed E-state index contributed by atoms with van der Waals surface area (Å²) in [6.45, 7) is 3.38. The van der Waals surface area contributed by atoms with Crippen molar-refractivity contribution in [2.24, 2.45) is 0 Å². The van der Waals surface area contributed by atoms with E-state index in [-0.39, 0.29) is 12.6 Å². The molecule has 1 unspecified atom stereocenters. The molecule has 0 saturated heterocycles. The monoisotopic (exact) mass is 283 g/mol. The molecule has 1 atom stereocenters. The standard InChI is InChI=1S/C10H16F3N3OS/c1-3-7(14-4-2)9-16-15-8(18-9)5-17-6-10(11,12)13/h7,14H,3-6H2,1-2H3. The molecule has 1 N–H and O–H groups in total. The van der Waals surface area contributed by atoms with E-state index in [1.54, 1.807) is 0 Å². The Bertz CT molecular complexity index is 356. The molecule has 0 saturated carbocycles. The first kappa shape index (κ1) is 15.3. The van der Waals surface area contributed by atoms with Gasteiger partial charge in [-0.2, -0.15) is 13.2 Å². The summed E-state index contributed by atoms with van der Waals surface area (Å²) in [6.07, 6.45) is -3.45. The highest BCUT2D eigenvalue weighted by Crippen LogP contribution is 2.22. The fourth-order valence-electron chi connectivity index (χ4n) is 1.37. The average molecular weight is 283 g/mol. The summed E-state index contributed by atoms with van der Waals surface area (Å²) in [7, 11) is 0. The van der Waals surface area contributed by atoms with Crippen molar-refractivity contribution >= 4 is 11.3 Å². The second-order valence-electron chi connectivity index (χ2n) is 3.66. The number of hydrogen-bond donors (Lipinski definition) is 1. The van der Waals surface area contributed by atoms with Crippen molar-refractivity contribution in [1.82, 2.24) is 15.5 Å². The zero-order valence-electron chi connectivity index (χ0n) is 10.3. The first-order valence-corrected chi connectivity index (χ1v) is 6.48.